The number of nitrogen functional groups attached to an aromatic ring is 1. The van der Waals surface area contributed by atoms with Crippen molar-refractivity contribution in [3.63, 3.8) is 0 Å². The highest BCUT2D eigenvalue weighted by atomic mass is 15.2. The van der Waals surface area contributed by atoms with E-state index in [2.05, 4.69) is 11.5 Å². The van der Waals surface area contributed by atoms with Crippen LogP contribution >= 0.6 is 0 Å². The molecule has 12 heavy (non-hydrogen) atoms. The van der Waals surface area contributed by atoms with Crippen LogP contribution < -0.4 is 11.3 Å². The highest BCUT2D eigenvalue weighted by Gasteiger charge is 1.96. The van der Waals surface area contributed by atoms with Crippen LogP contribution in [0.2, 0.25) is 0 Å². The first kappa shape index (κ1) is 8.57. The average molecular weight is 161 g/mol. The number of anilines is 1. The molecule has 3 heteroatoms. The molecular formula is C9H11N3. The van der Waals surface area contributed by atoms with E-state index < -0.39 is 0 Å². The molecule has 0 heterocycles. The van der Waals surface area contributed by atoms with Crippen LogP contribution in [-0.2, 0) is 6.42 Å². The molecule has 0 spiro atoms. The fourth-order valence-corrected chi connectivity index (χ4v) is 1.14. The lowest BCUT2D eigenvalue weighted by molar-refractivity contribution is 1.23. The summed E-state index contributed by atoms with van der Waals surface area (Å²) in [6.45, 7) is 1.97. The molecule has 0 unspecified atom stereocenters. The zero-order chi connectivity index (χ0) is 8.97. The molecule has 3 nitrogen and oxygen atoms in total. The van der Waals surface area contributed by atoms with Gasteiger partial charge in [-0.15, -0.1) is 0 Å². The van der Waals surface area contributed by atoms with Crippen LogP contribution in [0.15, 0.2) is 18.2 Å². The molecule has 1 rings (SSSR count). The third-order valence-electron chi connectivity index (χ3n) is 1.59. The Hall–Kier alpha value is -1.53. The third kappa shape index (κ3) is 1.97. The summed E-state index contributed by atoms with van der Waals surface area (Å²) < 4.78 is 0. The van der Waals surface area contributed by atoms with Crippen LogP contribution in [0.5, 0.6) is 0 Å². The summed E-state index contributed by atoms with van der Waals surface area (Å²) in [5.41, 5.74) is 5.50. The maximum absolute atomic E-state index is 8.47. The SMILES string of the molecule is Cc1cc(CC#N)cc(NN)c1. The zero-order valence-corrected chi connectivity index (χ0v) is 6.96. The number of nitriles is 1. The number of hydrogen-bond donors (Lipinski definition) is 2. The lowest BCUT2D eigenvalue weighted by Gasteiger charge is -2.03. The second kappa shape index (κ2) is 3.74. The van der Waals surface area contributed by atoms with Crippen molar-refractivity contribution in [3.8, 4) is 6.07 Å². The molecule has 1 aromatic rings. The predicted octanol–water partition coefficient (Wildman–Crippen LogP) is 1.35. The number of rotatable bonds is 2. The van der Waals surface area contributed by atoms with Gasteiger partial charge in [-0.2, -0.15) is 5.26 Å². The first-order valence-electron chi connectivity index (χ1n) is 3.70. The minimum Gasteiger partial charge on any atom is -0.324 e. The number of nitrogens with two attached hydrogens (primary N) is 1. The second-order valence-electron chi connectivity index (χ2n) is 2.69. The van der Waals surface area contributed by atoms with Crippen LogP contribution in [0.25, 0.3) is 0 Å². The van der Waals surface area contributed by atoms with E-state index in [1.807, 2.05) is 25.1 Å². The molecule has 62 valence electrons. The number of nitrogens with zero attached hydrogens (tertiary/aromatic N) is 1. The monoisotopic (exact) mass is 161 g/mol. The predicted molar refractivity (Wildman–Crippen MR) is 48.3 cm³/mol. The lowest BCUT2D eigenvalue weighted by atomic mass is 10.1. The maximum Gasteiger partial charge on any atom is 0.0669 e. The number of nitrogens with one attached hydrogen (secondary N) is 1. The van der Waals surface area contributed by atoms with Crippen molar-refractivity contribution in [2.24, 2.45) is 5.84 Å². The fraction of sp³-hybridized carbons (Fsp3) is 0.222. The van der Waals surface area contributed by atoms with Gasteiger partial charge in [-0.3, -0.25) is 5.84 Å². The molecule has 0 aliphatic heterocycles. The molecule has 0 amide bonds. The smallest absolute Gasteiger partial charge is 0.0669 e. The van der Waals surface area contributed by atoms with Gasteiger partial charge in [-0.05, 0) is 30.2 Å². The average Bonchev–Trinajstić information content (AvgIpc) is 2.04. The quantitative estimate of drug-likeness (QED) is 0.508. The Bertz CT molecular complexity index is 312. The number of hydrazine groups is 1. The van der Waals surface area contributed by atoms with Gasteiger partial charge in [0, 0.05) is 5.69 Å². The Labute approximate surface area is 71.8 Å². The Balaban J connectivity index is 2.99. The normalized spacial score (nSPS) is 9.08. The van der Waals surface area contributed by atoms with Crippen molar-refractivity contribution < 1.29 is 0 Å². The molecule has 3 N–H and O–H groups in total. The van der Waals surface area contributed by atoms with Gasteiger partial charge in [0.2, 0.25) is 0 Å². The van der Waals surface area contributed by atoms with E-state index in [0.29, 0.717) is 6.42 Å². The van der Waals surface area contributed by atoms with E-state index in [4.69, 9.17) is 11.1 Å². The molecule has 1 aromatic carbocycles. The second-order valence-corrected chi connectivity index (χ2v) is 2.69. The Morgan fingerprint density at radius 2 is 2.25 bits per heavy atom. The Kier molecular flexibility index (Phi) is 2.67. The number of aryl methyl sites for hydroxylation is 1. The summed E-state index contributed by atoms with van der Waals surface area (Å²) in [4.78, 5) is 0. The minimum absolute atomic E-state index is 0.427. The van der Waals surface area contributed by atoms with E-state index in [0.717, 1.165) is 16.8 Å². The standard InChI is InChI=1S/C9H11N3/c1-7-4-8(2-3-10)6-9(5-7)12-11/h4-6,12H,2,11H2,1H3. The van der Waals surface area contributed by atoms with Crippen molar-refractivity contribution >= 4 is 5.69 Å². The van der Waals surface area contributed by atoms with Crippen LogP contribution in [-0.4, -0.2) is 0 Å². The van der Waals surface area contributed by atoms with Gasteiger partial charge in [-0.1, -0.05) is 6.07 Å². The van der Waals surface area contributed by atoms with Gasteiger partial charge in [0.05, 0.1) is 12.5 Å². The molecule has 0 saturated heterocycles. The fourth-order valence-electron chi connectivity index (χ4n) is 1.14. The molecule has 0 radical (unpaired) electrons. The largest absolute Gasteiger partial charge is 0.324 e. The van der Waals surface area contributed by atoms with Gasteiger partial charge in [0.1, 0.15) is 0 Å². The van der Waals surface area contributed by atoms with Gasteiger partial charge in [0.25, 0.3) is 0 Å². The van der Waals surface area contributed by atoms with Crippen LogP contribution in [0.4, 0.5) is 5.69 Å². The van der Waals surface area contributed by atoms with Gasteiger partial charge in [0.15, 0.2) is 0 Å². The van der Waals surface area contributed by atoms with Crippen molar-refractivity contribution in [3.05, 3.63) is 29.3 Å². The van der Waals surface area contributed by atoms with E-state index >= 15 is 0 Å². The molecule has 0 saturated carbocycles. The van der Waals surface area contributed by atoms with E-state index in [1.54, 1.807) is 0 Å². The zero-order valence-electron chi connectivity index (χ0n) is 6.96. The molecule has 0 aliphatic carbocycles. The summed E-state index contributed by atoms with van der Waals surface area (Å²) in [5, 5.41) is 8.47. The Morgan fingerprint density at radius 1 is 1.50 bits per heavy atom. The molecule has 0 aromatic heterocycles. The van der Waals surface area contributed by atoms with Crippen molar-refractivity contribution in [2.45, 2.75) is 13.3 Å². The van der Waals surface area contributed by atoms with Gasteiger partial charge in [-0.25, -0.2) is 0 Å². The molecule has 0 atom stereocenters. The van der Waals surface area contributed by atoms with E-state index in [-0.39, 0.29) is 0 Å². The van der Waals surface area contributed by atoms with Crippen molar-refractivity contribution in [2.75, 3.05) is 5.43 Å². The Morgan fingerprint density at radius 3 is 2.83 bits per heavy atom. The first-order valence-corrected chi connectivity index (χ1v) is 3.70. The van der Waals surface area contributed by atoms with Crippen molar-refractivity contribution in [1.82, 2.24) is 0 Å². The summed E-state index contributed by atoms with van der Waals surface area (Å²) in [5.74, 6) is 5.25. The maximum atomic E-state index is 8.47. The molecule has 0 bridgehead atoms. The van der Waals surface area contributed by atoms with Crippen LogP contribution in [0, 0.1) is 18.3 Å². The third-order valence-corrected chi connectivity index (χ3v) is 1.59. The minimum atomic E-state index is 0.427. The topological polar surface area (TPSA) is 61.8 Å². The van der Waals surface area contributed by atoms with Gasteiger partial charge < -0.3 is 5.43 Å². The molecule has 0 aliphatic rings. The lowest BCUT2D eigenvalue weighted by Crippen LogP contribution is -2.07. The van der Waals surface area contributed by atoms with Gasteiger partial charge >= 0.3 is 0 Å². The van der Waals surface area contributed by atoms with Crippen LogP contribution in [0.1, 0.15) is 11.1 Å². The summed E-state index contributed by atoms with van der Waals surface area (Å²) in [6, 6.07) is 7.87. The highest BCUT2D eigenvalue weighted by molar-refractivity contribution is 5.48. The molecule has 0 fully saturated rings. The summed E-state index contributed by atoms with van der Waals surface area (Å²) in [6.07, 6.45) is 0.427. The summed E-state index contributed by atoms with van der Waals surface area (Å²) >= 11 is 0. The summed E-state index contributed by atoms with van der Waals surface area (Å²) in [7, 11) is 0. The highest BCUT2D eigenvalue weighted by Crippen LogP contribution is 2.13. The first-order chi connectivity index (χ1) is 5.76. The number of benzene rings is 1. The van der Waals surface area contributed by atoms with Crippen LogP contribution in [0.3, 0.4) is 0 Å². The van der Waals surface area contributed by atoms with E-state index in [9.17, 15) is 0 Å². The van der Waals surface area contributed by atoms with E-state index in [1.165, 1.54) is 0 Å². The van der Waals surface area contributed by atoms with Crippen molar-refractivity contribution in [1.29, 1.82) is 5.26 Å². The number of hydrogen-bond acceptors (Lipinski definition) is 3. The molecular weight excluding hydrogens is 150 g/mol.